The number of H-pyrrole nitrogens is 1. The van der Waals surface area contributed by atoms with E-state index in [1.807, 2.05) is 37.3 Å². The molecule has 4 N–H and O–H groups in total. The molecule has 0 radical (unpaired) electrons. The van der Waals surface area contributed by atoms with E-state index in [2.05, 4.69) is 35.5 Å². The smallest absolute Gasteiger partial charge is 0.349 e. The zero-order chi connectivity index (χ0) is 25.2. The number of methoxy groups -OCH3 is 1. The average molecular weight is 486 g/mol. The van der Waals surface area contributed by atoms with E-state index in [1.165, 1.54) is 0 Å². The van der Waals surface area contributed by atoms with Gasteiger partial charge in [-0.05, 0) is 55.0 Å². The zero-order valence-electron chi connectivity index (χ0n) is 19.8. The van der Waals surface area contributed by atoms with Crippen LogP contribution in [0.1, 0.15) is 29.0 Å². The van der Waals surface area contributed by atoms with Crippen LogP contribution < -0.4 is 21.5 Å². The molecular formula is C24H23N9O3. The molecule has 0 aliphatic rings. The molecule has 0 spiro atoms. The number of pyridine rings is 2. The van der Waals surface area contributed by atoms with Crippen LogP contribution in [-0.2, 0) is 0 Å². The maximum atomic E-state index is 12.8. The van der Waals surface area contributed by atoms with Gasteiger partial charge in [0.2, 0.25) is 17.6 Å². The first-order valence-electron chi connectivity index (χ1n) is 11.0. The van der Waals surface area contributed by atoms with E-state index in [9.17, 15) is 4.79 Å². The van der Waals surface area contributed by atoms with Crippen molar-refractivity contribution >= 4 is 11.4 Å². The number of nitrogens with zero attached hydrogens (tertiary/aromatic N) is 6. The second kappa shape index (κ2) is 9.33. The van der Waals surface area contributed by atoms with Crippen molar-refractivity contribution in [3.63, 3.8) is 0 Å². The Kier molecular flexibility index (Phi) is 5.90. The van der Waals surface area contributed by atoms with Crippen LogP contribution in [0.3, 0.4) is 0 Å². The molecule has 12 heteroatoms. The Morgan fingerprint density at radius 2 is 1.94 bits per heavy atom. The van der Waals surface area contributed by atoms with E-state index >= 15 is 0 Å². The number of aryl methyl sites for hydroxylation is 2. The summed E-state index contributed by atoms with van der Waals surface area (Å²) < 4.78 is 11.6. The maximum absolute atomic E-state index is 12.8. The van der Waals surface area contributed by atoms with Gasteiger partial charge in [0, 0.05) is 36.1 Å². The quantitative estimate of drug-likeness (QED) is 0.312. The minimum atomic E-state index is -0.558. The fourth-order valence-electron chi connectivity index (χ4n) is 3.74. The third kappa shape index (κ3) is 4.51. The third-order valence-electron chi connectivity index (χ3n) is 5.40. The summed E-state index contributed by atoms with van der Waals surface area (Å²) in [5.41, 5.74) is 8.99. The highest BCUT2D eigenvalue weighted by Crippen LogP contribution is 2.28. The number of nitrogen functional groups attached to an aromatic ring is 1. The van der Waals surface area contributed by atoms with E-state index in [0.717, 1.165) is 27.2 Å². The van der Waals surface area contributed by atoms with Crippen molar-refractivity contribution in [2.75, 3.05) is 18.2 Å². The highest BCUT2D eigenvalue weighted by atomic mass is 16.5. The zero-order valence-corrected chi connectivity index (χ0v) is 19.8. The Labute approximate surface area is 205 Å². The van der Waals surface area contributed by atoms with E-state index < -0.39 is 11.7 Å². The molecule has 12 nitrogen and oxygen atoms in total. The predicted octanol–water partition coefficient (Wildman–Crippen LogP) is 2.81. The first-order valence-corrected chi connectivity index (χ1v) is 11.0. The molecular weight excluding hydrogens is 462 g/mol. The number of rotatable bonds is 7. The number of nitrogens with one attached hydrogen (secondary N) is 2. The maximum Gasteiger partial charge on any atom is 0.349 e. The Hall–Kier alpha value is -5.00. The normalized spacial score (nSPS) is 11.9. The lowest BCUT2D eigenvalue weighted by Crippen LogP contribution is -2.18. The predicted molar refractivity (Wildman–Crippen MR) is 132 cm³/mol. The second-order valence-corrected chi connectivity index (χ2v) is 8.02. The summed E-state index contributed by atoms with van der Waals surface area (Å²) in [6.45, 7) is 3.60. The Morgan fingerprint density at radius 3 is 2.64 bits per heavy atom. The highest BCUT2D eigenvalue weighted by Gasteiger charge is 2.22. The summed E-state index contributed by atoms with van der Waals surface area (Å²) in [5, 5.41) is 11.9. The number of aromatic amines is 1. The van der Waals surface area contributed by atoms with E-state index in [-0.39, 0.29) is 5.82 Å². The summed E-state index contributed by atoms with van der Waals surface area (Å²) in [4.78, 5) is 28.5. The lowest BCUT2D eigenvalue weighted by atomic mass is 10.1. The Balaban J connectivity index is 1.55. The van der Waals surface area contributed by atoms with Crippen LogP contribution in [0.4, 0.5) is 11.4 Å². The topological polar surface area (TPSA) is 163 Å². The molecule has 182 valence electrons. The molecule has 5 rings (SSSR count). The highest BCUT2D eigenvalue weighted by molar-refractivity contribution is 5.60. The van der Waals surface area contributed by atoms with E-state index in [4.69, 9.17) is 15.0 Å². The largest absolute Gasteiger partial charge is 0.481 e. The van der Waals surface area contributed by atoms with Crippen molar-refractivity contribution in [3.8, 4) is 23.1 Å². The molecule has 0 aliphatic heterocycles. The summed E-state index contributed by atoms with van der Waals surface area (Å²) in [6.07, 6.45) is 1.55. The van der Waals surface area contributed by atoms with Crippen LogP contribution in [0.2, 0.25) is 0 Å². The Morgan fingerprint density at radius 1 is 1.14 bits per heavy atom. The first-order chi connectivity index (χ1) is 17.4. The molecule has 0 bridgehead atoms. The van der Waals surface area contributed by atoms with Crippen molar-refractivity contribution in [2.24, 2.45) is 0 Å². The number of aromatic nitrogens is 7. The number of benzene rings is 1. The van der Waals surface area contributed by atoms with E-state index in [0.29, 0.717) is 29.1 Å². The summed E-state index contributed by atoms with van der Waals surface area (Å²) in [5.74, 6) is 2.03. The van der Waals surface area contributed by atoms with Crippen molar-refractivity contribution in [3.05, 3.63) is 88.2 Å². The van der Waals surface area contributed by atoms with Gasteiger partial charge in [-0.2, -0.15) is 9.67 Å². The first kappa shape index (κ1) is 22.8. The molecule has 0 aliphatic carbocycles. The van der Waals surface area contributed by atoms with Gasteiger partial charge in [0.15, 0.2) is 11.6 Å². The van der Waals surface area contributed by atoms with Gasteiger partial charge < -0.3 is 20.3 Å². The fourth-order valence-corrected chi connectivity index (χ4v) is 3.74. The van der Waals surface area contributed by atoms with Gasteiger partial charge in [-0.25, -0.2) is 14.8 Å². The third-order valence-corrected chi connectivity index (χ3v) is 5.40. The van der Waals surface area contributed by atoms with E-state index in [1.54, 1.807) is 38.4 Å². The van der Waals surface area contributed by atoms with Crippen molar-refractivity contribution in [1.29, 1.82) is 0 Å². The molecule has 1 unspecified atom stereocenters. The molecule has 0 fully saturated rings. The molecule has 1 aromatic carbocycles. The lowest BCUT2D eigenvalue weighted by Gasteiger charge is -2.19. The second-order valence-electron chi connectivity index (χ2n) is 8.02. The number of anilines is 2. The summed E-state index contributed by atoms with van der Waals surface area (Å²) >= 11 is 0. The molecule has 36 heavy (non-hydrogen) atoms. The van der Waals surface area contributed by atoms with Crippen LogP contribution in [-0.4, -0.2) is 42.0 Å². The molecule has 0 amide bonds. The van der Waals surface area contributed by atoms with Crippen LogP contribution >= 0.6 is 0 Å². The molecule has 4 aromatic heterocycles. The van der Waals surface area contributed by atoms with Crippen LogP contribution in [0.25, 0.3) is 17.2 Å². The average Bonchev–Trinajstić information content (AvgIpc) is 3.48. The monoisotopic (exact) mass is 485 g/mol. The SMILES string of the molecule is COc1cc(C(Nc2ccc(-c3noc(C)n3)cc2)c2nn(-c3ncccc3N)c(=O)[nH]2)cc(C)n1. The summed E-state index contributed by atoms with van der Waals surface area (Å²) in [7, 11) is 1.55. The number of hydrogen-bond acceptors (Lipinski definition) is 10. The molecule has 5 aromatic rings. The fraction of sp³-hybridized carbons (Fsp3) is 0.167. The number of nitrogens with two attached hydrogens (primary N) is 1. The number of ether oxygens (including phenoxy) is 1. The van der Waals surface area contributed by atoms with Crippen molar-refractivity contribution in [2.45, 2.75) is 19.9 Å². The minimum Gasteiger partial charge on any atom is -0.481 e. The van der Waals surface area contributed by atoms with Gasteiger partial charge in [-0.1, -0.05) is 5.16 Å². The molecule has 1 atom stereocenters. The van der Waals surface area contributed by atoms with Gasteiger partial charge in [0.05, 0.1) is 12.8 Å². The Bertz CT molecular complexity index is 1570. The lowest BCUT2D eigenvalue weighted by molar-refractivity contribution is 0.394. The minimum absolute atomic E-state index is 0.243. The van der Waals surface area contributed by atoms with Crippen molar-refractivity contribution in [1.82, 2.24) is 34.9 Å². The molecule has 0 saturated heterocycles. The van der Waals surface area contributed by atoms with Crippen LogP contribution in [0.5, 0.6) is 5.88 Å². The van der Waals surface area contributed by atoms with Crippen molar-refractivity contribution < 1.29 is 9.26 Å². The standard InChI is InChI=1S/C24H23N9O3/c1-13-11-16(12-19(27-13)35-3)20(22-30-24(34)33(31-22)23-18(25)5-4-10-26-23)29-17-8-6-15(7-9-17)21-28-14(2)36-32-21/h4-12,20,29H,25H2,1-3H3,(H,30,31,34). The van der Waals surface area contributed by atoms with Gasteiger partial charge in [0.1, 0.15) is 6.04 Å². The molecule has 0 saturated carbocycles. The molecule has 4 heterocycles. The summed E-state index contributed by atoms with van der Waals surface area (Å²) in [6, 6.07) is 14.0. The van der Waals surface area contributed by atoms with Gasteiger partial charge in [-0.15, -0.1) is 5.10 Å². The van der Waals surface area contributed by atoms with Gasteiger partial charge in [-0.3, -0.25) is 4.98 Å². The van der Waals surface area contributed by atoms with Gasteiger partial charge in [0.25, 0.3) is 0 Å². The van der Waals surface area contributed by atoms with Gasteiger partial charge >= 0.3 is 5.69 Å². The number of hydrogen-bond donors (Lipinski definition) is 3. The van der Waals surface area contributed by atoms with Crippen LogP contribution in [0, 0.1) is 13.8 Å². The van der Waals surface area contributed by atoms with Crippen LogP contribution in [0.15, 0.2) is 64.0 Å².